The number of hydrogen-bond acceptors (Lipinski definition) is 2. The van der Waals surface area contributed by atoms with Crippen LogP contribution in [0.3, 0.4) is 0 Å². The van der Waals surface area contributed by atoms with E-state index in [0.29, 0.717) is 0 Å². The molecular formula is C5H5IO2. The molecule has 0 rings (SSSR count). The summed E-state index contributed by atoms with van der Waals surface area (Å²) < 4.78 is -0.127. The van der Waals surface area contributed by atoms with E-state index >= 15 is 0 Å². The van der Waals surface area contributed by atoms with Gasteiger partial charge in [-0.25, -0.2) is 0 Å². The summed E-state index contributed by atoms with van der Waals surface area (Å²) in [5.74, 6) is -0.102. The van der Waals surface area contributed by atoms with Crippen molar-refractivity contribution in [1.29, 1.82) is 0 Å². The second kappa shape index (κ2) is 3.77. The molecule has 2 nitrogen and oxygen atoms in total. The Bertz CT molecular complexity index is 121. The largest absolute Gasteiger partial charge is 0.295 e. The maximum absolute atomic E-state index is 10.1. The Morgan fingerprint density at radius 1 is 1.38 bits per heavy atom. The van der Waals surface area contributed by atoms with Gasteiger partial charge in [0, 0.05) is 22.6 Å². The summed E-state index contributed by atoms with van der Waals surface area (Å²) in [6.45, 7) is 1.40. The van der Waals surface area contributed by atoms with Crippen molar-refractivity contribution in [2.24, 2.45) is 0 Å². The summed E-state index contributed by atoms with van der Waals surface area (Å²) >= 11 is 1.60. The van der Waals surface area contributed by atoms with Gasteiger partial charge in [-0.15, -0.1) is 0 Å². The monoisotopic (exact) mass is 224 g/mol. The summed E-state index contributed by atoms with van der Waals surface area (Å²) in [6.07, 6.45) is 2.48. The van der Waals surface area contributed by atoms with Crippen LogP contribution in [0.1, 0.15) is 6.92 Å². The molecule has 0 aromatic carbocycles. The Balaban J connectivity index is 3.67. The first-order valence-corrected chi connectivity index (χ1v) is 3.09. The molecule has 0 N–H and O–H groups in total. The first kappa shape index (κ1) is 7.81. The molecule has 0 radical (unpaired) electrons. The van der Waals surface area contributed by atoms with E-state index in [0.717, 1.165) is 0 Å². The molecule has 0 heterocycles. The van der Waals surface area contributed by atoms with Crippen molar-refractivity contribution < 1.29 is 9.59 Å². The third kappa shape index (κ3) is 5.81. The van der Waals surface area contributed by atoms with Crippen LogP contribution < -0.4 is 0 Å². The summed E-state index contributed by atoms with van der Waals surface area (Å²) in [7, 11) is 0. The van der Waals surface area contributed by atoms with Gasteiger partial charge in [-0.2, -0.15) is 0 Å². The standard InChI is InChI=1S/C5H5IO2/c1-4(7)2-3-5(6)8/h2-3H,1H3/b3-2+. The fourth-order valence-corrected chi connectivity index (χ4v) is 0.363. The molecule has 0 unspecified atom stereocenters. The summed E-state index contributed by atoms with van der Waals surface area (Å²) in [5.41, 5.74) is 0. The van der Waals surface area contributed by atoms with E-state index in [-0.39, 0.29) is 9.57 Å². The van der Waals surface area contributed by atoms with Crippen LogP contribution in [0.5, 0.6) is 0 Å². The average molecular weight is 224 g/mol. The van der Waals surface area contributed by atoms with Gasteiger partial charge in [0.25, 0.3) is 0 Å². The van der Waals surface area contributed by atoms with E-state index < -0.39 is 0 Å². The number of ketones is 1. The highest BCUT2D eigenvalue weighted by Gasteiger charge is 1.84. The van der Waals surface area contributed by atoms with Crippen LogP contribution in [-0.4, -0.2) is 9.57 Å². The lowest BCUT2D eigenvalue weighted by molar-refractivity contribution is -0.113. The molecular weight excluding hydrogens is 219 g/mol. The van der Waals surface area contributed by atoms with Gasteiger partial charge in [0.05, 0.1) is 0 Å². The summed E-state index contributed by atoms with van der Waals surface area (Å²) in [6, 6.07) is 0. The number of rotatable bonds is 2. The van der Waals surface area contributed by atoms with Crippen molar-refractivity contribution in [3.63, 3.8) is 0 Å². The minimum atomic E-state index is -0.127. The first-order valence-electron chi connectivity index (χ1n) is 2.01. The highest BCUT2D eigenvalue weighted by molar-refractivity contribution is 14.1. The van der Waals surface area contributed by atoms with Gasteiger partial charge < -0.3 is 0 Å². The normalized spacial score (nSPS) is 9.75. The topological polar surface area (TPSA) is 34.1 Å². The van der Waals surface area contributed by atoms with Gasteiger partial charge in [-0.3, -0.25) is 9.59 Å². The molecule has 8 heavy (non-hydrogen) atoms. The second-order valence-corrected chi connectivity index (χ2v) is 2.31. The summed E-state index contributed by atoms with van der Waals surface area (Å²) in [4.78, 5) is 20.2. The lowest BCUT2D eigenvalue weighted by Crippen LogP contribution is -1.82. The quantitative estimate of drug-likeness (QED) is 0.399. The fraction of sp³-hybridized carbons (Fsp3) is 0.200. The molecule has 0 spiro atoms. The van der Waals surface area contributed by atoms with Crippen molar-refractivity contribution in [3.8, 4) is 0 Å². The van der Waals surface area contributed by atoms with Crippen molar-refractivity contribution in [2.45, 2.75) is 6.92 Å². The second-order valence-electron chi connectivity index (χ2n) is 1.25. The van der Waals surface area contributed by atoms with Crippen LogP contribution in [0.2, 0.25) is 0 Å². The number of carbonyl (C=O) groups is 2. The minimum Gasteiger partial charge on any atom is -0.295 e. The van der Waals surface area contributed by atoms with E-state index in [9.17, 15) is 9.59 Å². The molecule has 0 saturated heterocycles. The average Bonchev–Trinajstić information content (AvgIpc) is 1.61. The molecule has 0 aromatic heterocycles. The predicted octanol–water partition coefficient (Wildman–Crippen LogP) is 1.09. The third-order valence-corrected chi connectivity index (χ3v) is 0.809. The molecule has 0 aliphatic heterocycles. The Labute approximate surface area is 61.1 Å². The van der Waals surface area contributed by atoms with Crippen LogP contribution in [-0.2, 0) is 9.59 Å². The summed E-state index contributed by atoms with van der Waals surface area (Å²) in [5, 5.41) is 0. The van der Waals surface area contributed by atoms with Crippen molar-refractivity contribution in [1.82, 2.24) is 0 Å². The van der Waals surface area contributed by atoms with Gasteiger partial charge in [0.1, 0.15) is 0 Å². The highest BCUT2D eigenvalue weighted by Crippen LogP contribution is 1.86. The Morgan fingerprint density at radius 2 is 1.88 bits per heavy atom. The predicted molar refractivity (Wildman–Crippen MR) is 38.8 cm³/mol. The number of carbonyl (C=O) groups excluding carboxylic acids is 2. The van der Waals surface area contributed by atoms with E-state index in [1.165, 1.54) is 19.1 Å². The first-order chi connectivity index (χ1) is 3.63. The number of allylic oxidation sites excluding steroid dienone is 2. The zero-order valence-corrected chi connectivity index (χ0v) is 6.51. The molecule has 0 amide bonds. The Kier molecular flexibility index (Phi) is 3.68. The van der Waals surface area contributed by atoms with Crippen LogP contribution >= 0.6 is 22.6 Å². The van der Waals surface area contributed by atoms with Gasteiger partial charge in [0.15, 0.2) is 5.78 Å². The van der Waals surface area contributed by atoms with Crippen LogP contribution in [0.25, 0.3) is 0 Å². The molecule has 0 bridgehead atoms. The molecule has 0 saturated carbocycles. The molecule has 44 valence electrons. The van der Waals surface area contributed by atoms with Gasteiger partial charge in [-0.05, 0) is 19.1 Å². The third-order valence-electron chi connectivity index (χ3n) is 0.449. The van der Waals surface area contributed by atoms with E-state index in [4.69, 9.17) is 0 Å². The zero-order chi connectivity index (χ0) is 6.57. The van der Waals surface area contributed by atoms with Crippen molar-refractivity contribution in [3.05, 3.63) is 12.2 Å². The van der Waals surface area contributed by atoms with Crippen LogP contribution in [0.15, 0.2) is 12.2 Å². The van der Waals surface area contributed by atoms with E-state index in [1.807, 2.05) is 0 Å². The number of hydrogen-bond donors (Lipinski definition) is 0. The SMILES string of the molecule is CC(=O)/C=C/C(=O)I. The molecule has 0 atom stereocenters. The minimum absolute atomic E-state index is 0.102. The Morgan fingerprint density at radius 3 is 2.00 bits per heavy atom. The van der Waals surface area contributed by atoms with Gasteiger partial charge in [-0.1, -0.05) is 0 Å². The molecule has 3 heteroatoms. The molecule has 0 aromatic rings. The molecule has 0 fully saturated rings. The molecule has 0 aliphatic carbocycles. The lowest BCUT2D eigenvalue weighted by atomic mass is 10.4. The van der Waals surface area contributed by atoms with Crippen molar-refractivity contribution in [2.75, 3.05) is 0 Å². The molecule has 0 aliphatic rings. The van der Waals surface area contributed by atoms with Gasteiger partial charge >= 0.3 is 0 Å². The zero-order valence-electron chi connectivity index (χ0n) is 4.35. The van der Waals surface area contributed by atoms with Crippen LogP contribution in [0, 0.1) is 0 Å². The van der Waals surface area contributed by atoms with Gasteiger partial charge in [0.2, 0.25) is 3.79 Å². The maximum Gasteiger partial charge on any atom is 0.215 e. The fourth-order valence-electron chi connectivity index (χ4n) is 0.183. The van der Waals surface area contributed by atoms with Crippen molar-refractivity contribution >= 4 is 32.2 Å². The number of halogens is 1. The lowest BCUT2D eigenvalue weighted by Gasteiger charge is -1.73. The van der Waals surface area contributed by atoms with E-state index in [1.54, 1.807) is 22.6 Å². The smallest absolute Gasteiger partial charge is 0.215 e. The van der Waals surface area contributed by atoms with Crippen LogP contribution in [0.4, 0.5) is 0 Å². The maximum atomic E-state index is 10.1. The van der Waals surface area contributed by atoms with E-state index in [2.05, 4.69) is 0 Å². The highest BCUT2D eigenvalue weighted by atomic mass is 127. The Hall–Kier alpha value is -0.190.